The molecule has 0 saturated heterocycles. The molecule has 0 radical (unpaired) electrons. The first kappa shape index (κ1) is 24.3. The number of anilines is 2. The van der Waals surface area contributed by atoms with Gasteiger partial charge in [-0.25, -0.2) is 17.8 Å². The van der Waals surface area contributed by atoms with Gasteiger partial charge in [0.25, 0.3) is 10.0 Å². The lowest BCUT2D eigenvalue weighted by molar-refractivity contribution is 0.477. The predicted molar refractivity (Wildman–Crippen MR) is 144 cm³/mol. The fraction of sp³-hybridized carbons (Fsp3) is 0.0769. The molecule has 0 aliphatic heterocycles. The van der Waals surface area contributed by atoms with Gasteiger partial charge in [0.1, 0.15) is 25.2 Å². The Hall–Kier alpha value is -4.38. The van der Waals surface area contributed by atoms with Crippen LogP contribution in [0.5, 0.6) is 5.75 Å². The minimum absolute atomic E-state index is 0.110. The lowest BCUT2D eigenvalue weighted by Gasteiger charge is -2.14. The van der Waals surface area contributed by atoms with E-state index in [1.54, 1.807) is 60.1 Å². The molecule has 37 heavy (non-hydrogen) atoms. The maximum absolute atomic E-state index is 13.7. The highest BCUT2D eigenvalue weighted by Gasteiger charge is 2.18. The molecular formula is C26H23BFN5O3S. The van der Waals surface area contributed by atoms with E-state index in [4.69, 9.17) is 0 Å². The average Bonchev–Trinajstić information content (AvgIpc) is 3.25. The van der Waals surface area contributed by atoms with Gasteiger partial charge in [-0.05, 0) is 59.9 Å². The number of benzene rings is 3. The Morgan fingerprint density at radius 2 is 1.86 bits per heavy atom. The van der Waals surface area contributed by atoms with E-state index in [2.05, 4.69) is 20.1 Å². The van der Waals surface area contributed by atoms with Crippen molar-refractivity contribution in [2.24, 2.45) is 0 Å². The van der Waals surface area contributed by atoms with Crippen molar-refractivity contribution in [2.75, 3.05) is 10.0 Å². The van der Waals surface area contributed by atoms with Crippen LogP contribution in [0.1, 0.15) is 11.1 Å². The van der Waals surface area contributed by atoms with Crippen molar-refractivity contribution >= 4 is 40.5 Å². The standard InChI is InChI=1S/C26H23BFN5O3S/c1-16-9-10-18(28)12-24(16)37(35,36)32-19-6-4-5-17(11-19)14-29-25-13-22(20-7-2-3-8-23(20)34)31-26-21(27)15-30-33(25)26/h2-13,15,29,32,34H,14,27H2,1H3. The van der Waals surface area contributed by atoms with Crippen LogP contribution in [0.3, 0.4) is 0 Å². The maximum Gasteiger partial charge on any atom is 0.262 e. The van der Waals surface area contributed by atoms with Gasteiger partial charge < -0.3 is 10.4 Å². The topological polar surface area (TPSA) is 109 Å². The van der Waals surface area contributed by atoms with Crippen molar-refractivity contribution < 1.29 is 17.9 Å². The van der Waals surface area contributed by atoms with Gasteiger partial charge in [-0.1, -0.05) is 30.3 Å². The quantitative estimate of drug-likeness (QED) is 0.288. The van der Waals surface area contributed by atoms with E-state index in [-0.39, 0.29) is 10.6 Å². The molecule has 0 spiro atoms. The smallest absolute Gasteiger partial charge is 0.262 e. The van der Waals surface area contributed by atoms with Gasteiger partial charge in [0.15, 0.2) is 5.65 Å². The number of aromatic nitrogens is 3. The van der Waals surface area contributed by atoms with Crippen molar-refractivity contribution in [3.63, 3.8) is 0 Å². The summed E-state index contributed by atoms with van der Waals surface area (Å²) in [6.07, 6.45) is 1.71. The first-order chi connectivity index (χ1) is 17.7. The molecule has 2 heterocycles. The number of phenols is 1. The molecule has 0 unspecified atom stereocenters. The summed E-state index contributed by atoms with van der Waals surface area (Å²) < 4.78 is 43.7. The number of phenolic OH excluding ortho intramolecular Hbond substituents is 1. The van der Waals surface area contributed by atoms with Crippen LogP contribution in [0.2, 0.25) is 0 Å². The second kappa shape index (κ2) is 9.59. The molecule has 5 rings (SSSR count). The number of sulfonamides is 1. The largest absolute Gasteiger partial charge is 0.507 e. The number of nitrogens with zero attached hydrogens (tertiary/aromatic N) is 3. The molecule has 11 heteroatoms. The Morgan fingerprint density at radius 3 is 2.68 bits per heavy atom. The summed E-state index contributed by atoms with van der Waals surface area (Å²) in [7, 11) is -2.07. The first-order valence-corrected chi connectivity index (χ1v) is 12.9. The third-order valence-corrected chi connectivity index (χ3v) is 7.44. The number of fused-ring (bicyclic) bond motifs is 1. The predicted octanol–water partition coefficient (Wildman–Crippen LogP) is 3.22. The minimum atomic E-state index is -3.97. The lowest BCUT2D eigenvalue weighted by atomic mass is 10.0. The zero-order valence-electron chi connectivity index (χ0n) is 20.1. The Morgan fingerprint density at radius 1 is 1.05 bits per heavy atom. The normalized spacial score (nSPS) is 11.5. The second-order valence-electron chi connectivity index (χ2n) is 8.68. The zero-order valence-corrected chi connectivity index (χ0v) is 20.9. The second-order valence-corrected chi connectivity index (χ2v) is 10.3. The summed E-state index contributed by atoms with van der Waals surface area (Å²) in [5, 5.41) is 18.1. The third kappa shape index (κ3) is 4.98. The Labute approximate surface area is 214 Å². The summed E-state index contributed by atoms with van der Waals surface area (Å²) in [5.74, 6) is 0.151. The van der Waals surface area contributed by atoms with E-state index >= 15 is 0 Å². The molecule has 0 aliphatic rings. The third-order valence-electron chi connectivity index (χ3n) is 5.92. The number of aryl methyl sites for hydroxylation is 1. The summed E-state index contributed by atoms with van der Waals surface area (Å²) in [4.78, 5) is 4.56. The van der Waals surface area contributed by atoms with E-state index in [9.17, 15) is 17.9 Å². The van der Waals surface area contributed by atoms with Crippen LogP contribution >= 0.6 is 0 Å². The molecule has 0 bridgehead atoms. The Kier molecular flexibility index (Phi) is 6.30. The van der Waals surface area contributed by atoms with E-state index in [0.29, 0.717) is 40.5 Å². The van der Waals surface area contributed by atoms with Crippen LogP contribution in [0.25, 0.3) is 16.9 Å². The van der Waals surface area contributed by atoms with Crippen molar-refractivity contribution in [2.45, 2.75) is 18.4 Å². The molecule has 2 aromatic heterocycles. The van der Waals surface area contributed by atoms with Gasteiger partial charge >= 0.3 is 0 Å². The van der Waals surface area contributed by atoms with Gasteiger partial charge in [0, 0.05) is 30.1 Å². The van der Waals surface area contributed by atoms with Gasteiger partial charge in [-0.3, -0.25) is 4.72 Å². The fourth-order valence-electron chi connectivity index (χ4n) is 4.04. The molecule has 0 fully saturated rings. The van der Waals surface area contributed by atoms with Crippen LogP contribution in [0.4, 0.5) is 15.9 Å². The molecule has 0 atom stereocenters. The molecule has 0 amide bonds. The number of halogens is 1. The number of aromatic hydroxyl groups is 1. The average molecular weight is 515 g/mol. The van der Waals surface area contributed by atoms with Gasteiger partial charge in [0.2, 0.25) is 0 Å². The highest BCUT2D eigenvalue weighted by Crippen LogP contribution is 2.29. The molecular weight excluding hydrogens is 492 g/mol. The summed E-state index contributed by atoms with van der Waals surface area (Å²) in [5.41, 5.74) is 4.31. The highest BCUT2D eigenvalue weighted by molar-refractivity contribution is 7.92. The number of hydrogen-bond donors (Lipinski definition) is 3. The number of hydrogen-bond acceptors (Lipinski definition) is 6. The monoisotopic (exact) mass is 515 g/mol. The summed E-state index contributed by atoms with van der Waals surface area (Å²) >= 11 is 0. The molecule has 8 nitrogen and oxygen atoms in total. The minimum Gasteiger partial charge on any atom is -0.507 e. The highest BCUT2D eigenvalue weighted by atomic mass is 32.2. The Bertz CT molecular complexity index is 1740. The van der Waals surface area contributed by atoms with Crippen molar-refractivity contribution in [1.29, 1.82) is 0 Å². The SMILES string of the molecule is Bc1cnn2c(NCc3cccc(NS(=O)(=O)c4cc(F)ccc4C)c3)cc(-c3ccccc3O)nc12. The van der Waals surface area contributed by atoms with E-state index in [1.165, 1.54) is 12.1 Å². The van der Waals surface area contributed by atoms with Gasteiger partial charge in [-0.15, -0.1) is 0 Å². The van der Waals surface area contributed by atoms with Crippen LogP contribution < -0.4 is 15.5 Å². The molecule has 0 saturated carbocycles. The fourth-order valence-corrected chi connectivity index (χ4v) is 5.34. The van der Waals surface area contributed by atoms with Crippen molar-refractivity contribution in [3.8, 4) is 17.0 Å². The van der Waals surface area contributed by atoms with Crippen LogP contribution in [-0.4, -0.2) is 36.0 Å². The van der Waals surface area contributed by atoms with Crippen LogP contribution in [0.15, 0.2) is 83.9 Å². The zero-order chi connectivity index (χ0) is 26.2. The van der Waals surface area contributed by atoms with E-state index in [0.717, 1.165) is 17.1 Å². The molecule has 5 aromatic rings. The number of nitrogens with one attached hydrogen (secondary N) is 2. The van der Waals surface area contributed by atoms with Gasteiger partial charge in [-0.2, -0.15) is 9.61 Å². The van der Waals surface area contributed by atoms with Crippen LogP contribution in [0, 0.1) is 12.7 Å². The molecule has 3 aromatic carbocycles. The van der Waals surface area contributed by atoms with Crippen molar-refractivity contribution in [3.05, 3.63) is 95.9 Å². The molecule has 0 aliphatic carbocycles. The number of para-hydroxylation sites is 1. The number of rotatable bonds is 7. The summed E-state index contributed by atoms with van der Waals surface area (Å²) in [6.45, 7) is 1.97. The van der Waals surface area contributed by atoms with Crippen LogP contribution in [-0.2, 0) is 16.6 Å². The summed E-state index contributed by atoms with van der Waals surface area (Å²) in [6, 6.07) is 19.4. The van der Waals surface area contributed by atoms with E-state index < -0.39 is 15.8 Å². The molecule has 186 valence electrons. The first-order valence-electron chi connectivity index (χ1n) is 11.5. The van der Waals surface area contributed by atoms with Crippen molar-refractivity contribution in [1.82, 2.24) is 14.6 Å². The lowest BCUT2D eigenvalue weighted by Crippen LogP contribution is -2.15. The maximum atomic E-state index is 13.7. The van der Waals surface area contributed by atoms with Gasteiger partial charge in [0.05, 0.1) is 10.6 Å². The van der Waals surface area contributed by atoms with E-state index in [1.807, 2.05) is 20.0 Å². The Balaban J connectivity index is 1.42. The molecule has 3 N–H and O–H groups in total.